The van der Waals surface area contributed by atoms with Crippen molar-refractivity contribution in [1.82, 2.24) is 15.4 Å². The Balaban J connectivity index is 1.87. The quantitative estimate of drug-likeness (QED) is 0.526. The molecule has 2 N–H and O–H groups in total. The van der Waals surface area contributed by atoms with Crippen LogP contribution in [0, 0.1) is 6.92 Å². The summed E-state index contributed by atoms with van der Waals surface area (Å²) in [5.74, 6) is -0.0438. The first kappa shape index (κ1) is 19.0. The summed E-state index contributed by atoms with van der Waals surface area (Å²) >= 11 is 0. The maximum absolute atomic E-state index is 12.6. The number of hydrogen-bond acceptors (Lipinski definition) is 5. The highest BCUT2D eigenvalue weighted by Crippen LogP contribution is 2.24. The molecule has 0 radical (unpaired) electrons. The molecule has 0 bridgehead atoms. The molecule has 8 heteroatoms. The molecule has 0 aliphatic carbocycles. The van der Waals surface area contributed by atoms with Crippen molar-refractivity contribution in [3.05, 3.63) is 11.8 Å². The van der Waals surface area contributed by atoms with Gasteiger partial charge in [0.1, 0.15) is 17.8 Å². The number of urea groups is 1. The lowest BCUT2D eigenvalue weighted by atomic mass is 9.94. The van der Waals surface area contributed by atoms with Gasteiger partial charge in [0.05, 0.1) is 0 Å². The van der Waals surface area contributed by atoms with Crippen LogP contribution in [0.15, 0.2) is 10.6 Å². The predicted octanol–water partition coefficient (Wildman–Crippen LogP) is 2.59. The Labute approximate surface area is 147 Å². The SMILES string of the molecule is CCCCCCC[C@@]1(C)NC(=O)N(CC(=O)Nc2cc(C)on2)C1=O. The number of rotatable bonds is 9. The van der Waals surface area contributed by atoms with E-state index in [1.54, 1.807) is 19.9 Å². The van der Waals surface area contributed by atoms with Crippen molar-refractivity contribution in [3.63, 3.8) is 0 Å². The van der Waals surface area contributed by atoms with Crippen molar-refractivity contribution in [2.24, 2.45) is 0 Å². The third kappa shape index (κ3) is 4.80. The summed E-state index contributed by atoms with van der Waals surface area (Å²) in [7, 11) is 0. The van der Waals surface area contributed by atoms with Crippen LogP contribution < -0.4 is 10.6 Å². The Morgan fingerprint density at radius 2 is 2.04 bits per heavy atom. The number of amides is 4. The first-order chi connectivity index (χ1) is 11.9. The Kier molecular flexibility index (Phi) is 6.17. The van der Waals surface area contributed by atoms with Gasteiger partial charge in [0.25, 0.3) is 5.91 Å². The molecule has 1 saturated heterocycles. The second-order valence-electron chi connectivity index (χ2n) is 6.69. The second kappa shape index (κ2) is 8.13. The standard InChI is InChI=1S/C17H26N4O4/c1-4-5-6-7-8-9-17(3)15(23)21(16(24)19-17)11-14(22)18-13-10-12(2)25-20-13/h10H,4-9,11H2,1-3H3,(H,19,24)(H,18,20,22)/t17-/m1/s1. The molecular weight excluding hydrogens is 324 g/mol. The van der Waals surface area contributed by atoms with Gasteiger partial charge in [0, 0.05) is 6.07 Å². The third-order valence-corrected chi connectivity index (χ3v) is 4.32. The van der Waals surface area contributed by atoms with E-state index >= 15 is 0 Å². The van der Waals surface area contributed by atoms with Gasteiger partial charge in [-0.05, 0) is 20.3 Å². The molecule has 0 unspecified atom stereocenters. The number of nitrogens with zero attached hydrogens (tertiary/aromatic N) is 2. The summed E-state index contributed by atoms with van der Waals surface area (Å²) < 4.78 is 4.86. The Bertz CT molecular complexity index is 642. The molecule has 138 valence electrons. The Hall–Kier alpha value is -2.38. The van der Waals surface area contributed by atoms with Crippen LogP contribution in [0.5, 0.6) is 0 Å². The van der Waals surface area contributed by atoms with Crippen LogP contribution in [0.25, 0.3) is 0 Å². The number of unbranched alkanes of at least 4 members (excludes halogenated alkanes) is 4. The van der Waals surface area contributed by atoms with Crippen molar-refractivity contribution in [1.29, 1.82) is 0 Å². The van der Waals surface area contributed by atoms with Crippen LogP contribution in [-0.4, -0.2) is 40.0 Å². The fraction of sp³-hybridized carbons (Fsp3) is 0.647. The number of imide groups is 1. The number of carbonyl (C=O) groups is 3. The van der Waals surface area contributed by atoms with Gasteiger partial charge in [-0.25, -0.2) is 4.79 Å². The number of nitrogens with one attached hydrogen (secondary N) is 2. The van der Waals surface area contributed by atoms with Gasteiger partial charge in [0.15, 0.2) is 5.82 Å². The molecule has 0 aromatic carbocycles. The molecule has 0 saturated carbocycles. The van der Waals surface area contributed by atoms with Crippen LogP contribution in [0.1, 0.15) is 58.1 Å². The topological polar surface area (TPSA) is 105 Å². The smallest absolute Gasteiger partial charge is 0.325 e. The minimum Gasteiger partial charge on any atom is -0.360 e. The fourth-order valence-electron chi connectivity index (χ4n) is 2.89. The van der Waals surface area contributed by atoms with E-state index in [-0.39, 0.29) is 18.3 Å². The van der Waals surface area contributed by atoms with E-state index in [4.69, 9.17) is 4.52 Å². The van der Waals surface area contributed by atoms with Crippen molar-refractivity contribution < 1.29 is 18.9 Å². The molecule has 25 heavy (non-hydrogen) atoms. The van der Waals surface area contributed by atoms with E-state index in [1.807, 2.05) is 0 Å². The summed E-state index contributed by atoms with van der Waals surface area (Å²) in [6.45, 7) is 5.21. The lowest BCUT2D eigenvalue weighted by Crippen LogP contribution is -2.44. The van der Waals surface area contributed by atoms with Crippen molar-refractivity contribution >= 4 is 23.7 Å². The maximum Gasteiger partial charge on any atom is 0.325 e. The zero-order valence-corrected chi connectivity index (χ0v) is 15.1. The predicted molar refractivity (Wildman–Crippen MR) is 91.9 cm³/mol. The molecule has 4 amide bonds. The lowest BCUT2D eigenvalue weighted by molar-refractivity contribution is -0.133. The number of hydrogen-bond donors (Lipinski definition) is 2. The highest BCUT2D eigenvalue weighted by Gasteiger charge is 2.47. The highest BCUT2D eigenvalue weighted by molar-refractivity contribution is 6.09. The van der Waals surface area contributed by atoms with Crippen LogP contribution >= 0.6 is 0 Å². The zero-order chi connectivity index (χ0) is 18.4. The number of anilines is 1. The molecule has 1 aromatic heterocycles. The molecule has 1 aromatic rings. The molecule has 1 aliphatic rings. The summed E-state index contributed by atoms with van der Waals surface area (Å²) in [5, 5.41) is 8.88. The third-order valence-electron chi connectivity index (χ3n) is 4.32. The number of aromatic nitrogens is 1. The van der Waals surface area contributed by atoms with E-state index in [9.17, 15) is 14.4 Å². The van der Waals surface area contributed by atoms with Crippen molar-refractivity contribution in [2.75, 3.05) is 11.9 Å². The van der Waals surface area contributed by atoms with Crippen molar-refractivity contribution in [2.45, 2.75) is 64.8 Å². The molecule has 1 atom stereocenters. The molecule has 2 rings (SSSR count). The molecule has 0 spiro atoms. The monoisotopic (exact) mass is 350 g/mol. The Morgan fingerprint density at radius 3 is 2.68 bits per heavy atom. The van der Waals surface area contributed by atoms with Gasteiger partial charge in [-0.2, -0.15) is 0 Å². The summed E-state index contributed by atoms with van der Waals surface area (Å²) in [6.07, 6.45) is 5.91. The molecular formula is C17H26N4O4. The summed E-state index contributed by atoms with van der Waals surface area (Å²) in [5.41, 5.74) is -0.936. The van der Waals surface area contributed by atoms with Crippen LogP contribution in [0.2, 0.25) is 0 Å². The van der Waals surface area contributed by atoms with Crippen LogP contribution in [-0.2, 0) is 9.59 Å². The van der Waals surface area contributed by atoms with Gasteiger partial charge in [-0.15, -0.1) is 0 Å². The second-order valence-corrected chi connectivity index (χ2v) is 6.69. The van der Waals surface area contributed by atoms with Gasteiger partial charge in [-0.3, -0.25) is 14.5 Å². The highest BCUT2D eigenvalue weighted by atomic mass is 16.5. The Morgan fingerprint density at radius 1 is 1.32 bits per heavy atom. The normalized spacial score (nSPS) is 20.0. The lowest BCUT2D eigenvalue weighted by Gasteiger charge is -2.21. The molecule has 1 aliphatic heterocycles. The number of carbonyl (C=O) groups excluding carboxylic acids is 3. The van der Waals surface area contributed by atoms with Gasteiger partial charge < -0.3 is 15.2 Å². The average molecular weight is 350 g/mol. The zero-order valence-electron chi connectivity index (χ0n) is 15.1. The van der Waals surface area contributed by atoms with E-state index in [0.717, 1.165) is 30.6 Å². The van der Waals surface area contributed by atoms with Gasteiger partial charge >= 0.3 is 6.03 Å². The van der Waals surface area contributed by atoms with Crippen LogP contribution in [0.3, 0.4) is 0 Å². The summed E-state index contributed by atoms with van der Waals surface area (Å²) in [4.78, 5) is 37.7. The van der Waals surface area contributed by atoms with Crippen molar-refractivity contribution in [3.8, 4) is 0 Å². The maximum atomic E-state index is 12.6. The van der Waals surface area contributed by atoms with E-state index in [0.29, 0.717) is 12.2 Å². The minimum atomic E-state index is -0.936. The molecule has 8 nitrogen and oxygen atoms in total. The van der Waals surface area contributed by atoms with Gasteiger partial charge in [0.2, 0.25) is 5.91 Å². The first-order valence-corrected chi connectivity index (χ1v) is 8.73. The largest absolute Gasteiger partial charge is 0.360 e. The van der Waals surface area contributed by atoms with E-state index < -0.39 is 17.5 Å². The fourth-order valence-corrected chi connectivity index (χ4v) is 2.89. The first-order valence-electron chi connectivity index (χ1n) is 8.73. The summed E-state index contributed by atoms with van der Waals surface area (Å²) in [6, 6.07) is 1.03. The van der Waals surface area contributed by atoms with Crippen LogP contribution in [0.4, 0.5) is 10.6 Å². The average Bonchev–Trinajstić information content (AvgIpc) is 3.04. The van der Waals surface area contributed by atoms with Gasteiger partial charge in [-0.1, -0.05) is 44.2 Å². The molecule has 2 heterocycles. The van der Waals surface area contributed by atoms with E-state index in [1.165, 1.54) is 6.42 Å². The minimum absolute atomic E-state index is 0.258. The number of aryl methyl sites for hydroxylation is 1. The molecule has 1 fully saturated rings. The van der Waals surface area contributed by atoms with E-state index in [2.05, 4.69) is 22.7 Å².